The van der Waals surface area contributed by atoms with Crippen molar-refractivity contribution < 1.29 is 9.59 Å². The first-order valence-corrected chi connectivity index (χ1v) is 9.08. The summed E-state index contributed by atoms with van der Waals surface area (Å²) in [4.78, 5) is 24.6. The lowest BCUT2D eigenvalue weighted by atomic mass is 9.85. The molecule has 0 spiro atoms. The van der Waals surface area contributed by atoms with Crippen LogP contribution in [0.5, 0.6) is 0 Å². The maximum absolute atomic E-state index is 12.3. The lowest BCUT2D eigenvalue weighted by molar-refractivity contribution is -0.134. The molecule has 0 unspecified atom stereocenters. The van der Waals surface area contributed by atoms with Crippen LogP contribution in [0.3, 0.4) is 0 Å². The Labute approximate surface area is 136 Å². The smallest absolute Gasteiger partial charge is 0.161 e. The zero-order valence-electron chi connectivity index (χ0n) is 14.7. The van der Waals surface area contributed by atoms with Crippen LogP contribution in [-0.2, 0) is 9.59 Å². The molecular formula is C18H36N2O2. The van der Waals surface area contributed by atoms with Crippen molar-refractivity contribution >= 4 is 11.6 Å². The van der Waals surface area contributed by atoms with Gasteiger partial charge >= 0.3 is 0 Å². The molecular weight excluding hydrogens is 276 g/mol. The zero-order valence-corrected chi connectivity index (χ0v) is 14.7. The minimum absolute atomic E-state index is 0.0748. The Morgan fingerprint density at radius 3 is 1.41 bits per heavy atom. The van der Waals surface area contributed by atoms with Crippen LogP contribution in [0.15, 0.2) is 0 Å². The van der Waals surface area contributed by atoms with Gasteiger partial charge in [-0.3, -0.25) is 9.59 Å². The quantitative estimate of drug-likeness (QED) is 0.358. The van der Waals surface area contributed by atoms with Crippen molar-refractivity contribution in [3.8, 4) is 0 Å². The average Bonchev–Trinajstić information content (AvgIpc) is 2.53. The number of ketones is 2. The fourth-order valence-electron chi connectivity index (χ4n) is 2.61. The molecule has 4 N–H and O–H groups in total. The molecule has 22 heavy (non-hydrogen) atoms. The molecule has 0 heterocycles. The number of nitrogens with two attached hydrogens (primary N) is 2. The molecule has 0 fully saturated rings. The van der Waals surface area contributed by atoms with Crippen molar-refractivity contribution in [1.29, 1.82) is 0 Å². The maximum atomic E-state index is 12.3. The van der Waals surface area contributed by atoms with E-state index >= 15 is 0 Å². The Hall–Kier alpha value is -0.740. The van der Waals surface area contributed by atoms with E-state index in [1.165, 1.54) is 25.7 Å². The van der Waals surface area contributed by atoms with Crippen LogP contribution in [0.2, 0.25) is 0 Å². The topological polar surface area (TPSA) is 86.2 Å². The molecule has 0 bridgehead atoms. The van der Waals surface area contributed by atoms with Crippen LogP contribution < -0.4 is 11.5 Å². The van der Waals surface area contributed by atoms with Gasteiger partial charge in [-0.25, -0.2) is 0 Å². The highest BCUT2D eigenvalue weighted by molar-refractivity contribution is 6.11. The van der Waals surface area contributed by atoms with Gasteiger partial charge < -0.3 is 11.5 Å². The molecule has 0 aromatic heterocycles. The van der Waals surface area contributed by atoms with E-state index in [4.69, 9.17) is 11.5 Å². The second-order valence-corrected chi connectivity index (χ2v) is 6.35. The third-order valence-corrected chi connectivity index (χ3v) is 4.33. The second-order valence-electron chi connectivity index (χ2n) is 6.35. The predicted octanol–water partition coefficient (Wildman–Crippen LogP) is 3.50. The Morgan fingerprint density at radius 2 is 1.09 bits per heavy atom. The lowest BCUT2D eigenvalue weighted by Crippen LogP contribution is -2.60. The van der Waals surface area contributed by atoms with Gasteiger partial charge in [0.15, 0.2) is 11.6 Å². The third kappa shape index (κ3) is 8.04. The standard InChI is InChI=1S/C18H36N2O2/c1-3-5-7-9-11-13-16(21)18(20,15-19)17(22)14-12-10-8-6-4-2/h3-15,19-20H2,1-2H3. The molecule has 0 aromatic carbocycles. The number of rotatable bonds is 15. The summed E-state index contributed by atoms with van der Waals surface area (Å²) in [5.41, 5.74) is 10.2. The normalized spacial score (nSPS) is 11.6. The van der Waals surface area contributed by atoms with Crippen LogP contribution >= 0.6 is 0 Å². The molecule has 0 aliphatic heterocycles. The van der Waals surface area contributed by atoms with Crippen molar-refractivity contribution in [2.24, 2.45) is 11.5 Å². The molecule has 0 amide bonds. The molecule has 0 atom stereocenters. The highest BCUT2D eigenvalue weighted by atomic mass is 16.2. The highest BCUT2D eigenvalue weighted by Gasteiger charge is 2.38. The first-order valence-electron chi connectivity index (χ1n) is 9.08. The van der Waals surface area contributed by atoms with Crippen molar-refractivity contribution in [2.75, 3.05) is 6.54 Å². The van der Waals surface area contributed by atoms with Gasteiger partial charge in [0.1, 0.15) is 5.54 Å². The van der Waals surface area contributed by atoms with E-state index in [1.807, 2.05) is 0 Å². The van der Waals surface area contributed by atoms with E-state index in [0.29, 0.717) is 12.8 Å². The van der Waals surface area contributed by atoms with Gasteiger partial charge in [0.2, 0.25) is 0 Å². The van der Waals surface area contributed by atoms with E-state index in [9.17, 15) is 9.59 Å². The van der Waals surface area contributed by atoms with Crippen LogP contribution in [0.25, 0.3) is 0 Å². The molecule has 130 valence electrons. The number of hydrogen-bond acceptors (Lipinski definition) is 4. The maximum Gasteiger partial charge on any atom is 0.161 e. The Bertz CT molecular complexity index is 290. The number of unbranched alkanes of at least 4 members (excludes halogenated alkanes) is 8. The largest absolute Gasteiger partial charge is 0.328 e. The molecule has 0 aliphatic rings. The number of carbonyl (C=O) groups is 2. The summed E-state index contributed by atoms with van der Waals surface area (Å²) in [5, 5.41) is 0. The molecule has 0 radical (unpaired) electrons. The Morgan fingerprint density at radius 1 is 0.727 bits per heavy atom. The van der Waals surface area contributed by atoms with Crippen molar-refractivity contribution in [1.82, 2.24) is 0 Å². The van der Waals surface area contributed by atoms with E-state index in [1.54, 1.807) is 0 Å². The fraction of sp³-hybridized carbons (Fsp3) is 0.889. The van der Waals surface area contributed by atoms with Gasteiger partial charge in [-0.05, 0) is 12.8 Å². The fourth-order valence-corrected chi connectivity index (χ4v) is 2.61. The SMILES string of the molecule is CCCCCCCC(=O)C(N)(CN)C(=O)CCCCCCC. The van der Waals surface area contributed by atoms with Crippen LogP contribution in [-0.4, -0.2) is 23.7 Å². The van der Waals surface area contributed by atoms with E-state index in [2.05, 4.69) is 13.8 Å². The van der Waals surface area contributed by atoms with Gasteiger partial charge in [-0.1, -0.05) is 65.2 Å². The van der Waals surface area contributed by atoms with Gasteiger partial charge in [0.05, 0.1) is 0 Å². The Kier molecular flexibility index (Phi) is 12.3. The number of carbonyl (C=O) groups excluding carboxylic acids is 2. The predicted molar refractivity (Wildman–Crippen MR) is 92.7 cm³/mol. The monoisotopic (exact) mass is 312 g/mol. The molecule has 4 nitrogen and oxygen atoms in total. The summed E-state index contributed by atoms with van der Waals surface area (Å²) in [7, 11) is 0. The molecule has 0 aromatic rings. The minimum Gasteiger partial charge on any atom is -0.328 e. The highest BCUT2D eigenvalue weighted by Crippen LogP contribution is 2.15. The van der Waals surface area contributed by atoms with Gasteiger partial charge in [0, 0.05) is 19.4 Å². The van der Waals surface area contributed by atoms with Gasteiger partial charge in [-0.2, -0.15) is 0 Å². The molecule has 4 heteroatoms. The zero-order chi connectivity index (χ0) is 16.8. The second kappa shape index (κ2) is 12.8. The first-order chi connectivity index (χ1) is 10.5. The van der Waals surface area contributed by atoms with E-state index in [-0.39, 0.29) is 18.1 Å². The summed E-state index contributed by atoms with van der Waals surface area (Å²) in [5.74, 6) is -0.352. The van der Waals surface area contributed by atoms with Gasteiger partial charge in [0.25, 0.3) is 0 Å². The van der Waals surface area contributed by atoms with Crippen molar-refractivity contribution in [2.45, 2.75) is 96.4 Å². The van der Waals surface area contributed by atoms with Crippen LogP contribution in [0.1, 0.15) is 90.9 Å². The molecule has 0 rings (SSSR count). The summed E-state index contributed by atoms with van der Waals surface area (Å²) in [6.07, 6.45) is 11.4. The third-order valence-electron chi connectivity index (χ3n) is 4.33. The van der Waals surface area contributed by atoms with Crippen molar-refractivity contribution in [3.05, 3.63) is 0 Å². The first kappa shape index (κ1) is 21.3. The van der Waals surface area contributed by atoms with Crippen LogP contribution in [0, 0.1) is 0 Å². The average molecular weight is 312 g/mol. The summed E-state index contributed by atoms with van der Waals surface area (Å²) >= 11 is 0. The minimum atomic E-state index is -1.45. The van der Waals surface area contributed by atoms with Gasteiger partial charge in [-0.15, -0.1) is 0 Å². The molecule has 0 saturated heterocycles. The molecule has 0 aliphatic carbocycles. The lowest BCUT2D eigenvalue weighted by Gasteiger charge is -2.25. The van der Waals surface area contributed by atoms with Crippen molar-refractivity contribution in [3.63, 3.8) is 0 Å². The van der Waals surface area contributed by atoms with E-state index < -0.39 is 5.54 Å². The molecule has 0 saturated carbocycles. The Balaban J connectivity index is 4.17. The summed E-state index contributed by atoms with van der Waals surface area (Å²) < 4.78 is 0. The van der Waals surface area contributed by atoms with E-state index in [0.717, 1.165) is 38.5 Å². The number of hydrogen-bond donors (Lipinski definition) is 2. The van der Waals surface area contributed by atoms with Crippen LogP contribution in [0.4, 0.5) is 0 Å². The number of Topliss-reactive ketones (excluding diaryl/α,β-unsaturated/α-hetero) is 2. The summed E-state index contributed by atoms with van der Waals surface area (Å²) in [6.45, 7) is 4.24. The summed E-state index contributed by atoms with van der Waals surface area (Å²) in [6, 6.07) is 0.